The van der Waals surface area contributed by atoms with Crippen LogP contribution in [0.5, 0.6) is 5.75 Å². The number of nitrogens with zero attached hydrogens (tertiary/aromatic N) is 2. The highest BCUT2D eigenvalue weighted by molar-refractivity contribution is 6.02. The smallest absolute Gasteiger partial charge is 0.249 e. The Hall–Kier alpha value is -2.86. The first-order valence-electron chi connectivity index (χ1n) is 11.9. The van der Waals surface area contributed by atoms with Gasteiger partial charge in [-0.1, -0.05) is 24.3 Å². The molecule has 2 saturated heterocycles. The third kappa shape index (κ3) is 5.22. The third-order valence-electron chi connectivity index (χ3n) is 7.14. The second kappa shape index (κ2) is 9.56. The van der Waals surface area contributed by atoms with Gasteiger partial charge in [0.15, 0.2) is 0 Å². The minimum atomic E-state index is -0.398. The Morgan fingerprint density at radius 2 is 1.82 bits per heavy atom. The van der Waals surface area contributed by atoms with E-state index in [-0.39, 0.29) is 11.4 Å². The first-order chi connectivity index (χ1) is 15.8. The van der Waals surface area contributed by atoms with Crippen molar-refractivity contribution >= 4 is 11.8 Å². The second-order valence-corrected chi connectivity index (χ2v) is 9.74. The van der Waals surface area contributed by atoms with Crippen LogP contribution in [0.1, 0.15) is 59.7 Å². The monoisotopic (exact) mass is 449 g/mol. The van der Waals surface area contributed by atoms with Gasteiger partial charge in [0.25, 0.3) is 0 Å². The van der Waals surface area contributed by atoms with E-state index in [1.54, 1.807) is 12.1 Å². The maximum absolute atomic E-state index is 12.7. The lowest BCUT2D eigenvalue weighted by molar-refractivity contribution is -0.115. The van der Waals surface area contributed by atoms with Crippen LogP contribution in [0.4, 0.5) is 0 Å². The standard InChI is InChI=1S/C27H35N3O3/c1-19-5-6-20(2)24(17-19)33-16-4-13-27(3)26(32)30(27)23-11-14-29(15-12-23)18-21-7-9-22(10-8-21)25(28)31/h5-10,17,23H,4,11-16,18H2,1-3H3,(H2,28,31). The van der Waals surface area contributed by atoms with Crippen LogP contribution >= 0.6 is 0 Å². The molecule has 0 aliphatic carbocycles. The van der Waals surface area contributed by atoms with Crippen LogP contribution in [0, 0.1) is 13.8 Å². The lowest BCUT2D eigenvalue weighted by atomic mass is 10.0. The van der Waals surface area contributed by atoms with Gasteiger partial charge in [-0.2, -0.15) is 0 Å². The summed E-state index contributed by atoms with van der Waals surface area (Å²) in [7, 11) is 0. The number of carbonyl (C=O) groups excluding carboxylic acids is 2. The van der Waals surface area contributed by atoms with Gasteiger partial charge in [-0.05, 0) is 81.3 Å². The zero-order valence-corrected chi connectivity index (χ0v) is 20.0. The summed E-state index contributed by atoms with van der Waals surface area (Å²) in [6, 6.07) is 14.1. The molecule has 2 amide bonds. The summed E-state index contributed by atoms with van der Waals surface area (Å²) in [5, 5.41) is 0. The fraction of sp³-hybridized carbons (Fsp3) is 0.481. The average molecular weight is 450 g/mol. The Morgan fingerprint density at radius 3 is 2.48 bits per heavy atom. The van der Waals surface area contributed by atoms with Crippen molar-refractivity contribution in [3.63, 3.8) is 0 Å². The summed E-state index contributed by atoms with van der Waals surface area (Å²) >= 11 is 0. The van der Waals surface area contributed by atoms with Crippen molar-refractivity contribution in [3.05, 3.63) is 64.7 Å². The average Bonchev–Trinajstić information content (AvgIpc) is 3.34. The number of amides is 2. The van der Waals surface area contributed by atoms with Crippen molar-refractivity contribution in [2.45, 2.75) is 64.6 Å². The molecule has 2 aliphatic heterocycles. The minimum absolute atomic E-state index is 0.287. The summed E-state index contributed by atoms with van der Waals surface area (Å²) in [6.45, 7) is 9.64. The fourth-order valence-electron chi connectivity index (χ4n) is 4.99. The van der Waals surface area contributed by atoms with Gasteiger partial charge < -0.3 is 15.4 Å². The van der Waals surface area contributed by atoms with Crippen LogP contribution in [-0.2, 0) is 11.3 Å². The molecule has 2 aromatic rings. The van der Waals surface area contributed by atoms with Crippen molar-refractivity contribution in [2.75, 3.05) is 19.7 Å². The second-order valence-electron chi connectivity index (χ2n) is 9.74. The van der Waals surface area contributed by atoms with Gasteiger partial charge in [-0.25, -0.2) is 0 Å². The molecule has 1 unspecified atom stereocenters. The summed E-state index contributed by atoms with van der Waals surface area (Å²) in [6.07, 6.45) is 3.70. The molecule has 2 N–H and O–H groups in total. The number of nitrogens with two attached hydrogens (primary N) is 1. The van der Waals surface area contributed by atoms with E-state index in [2.05, 4.69) is 48.8 Å². The van der Waals surface area contributed by atoms with Crippen LogP contribution in [0.15, 0.2) is 42.5 Å². The molecule has 0 spiro atoms. The topological polar surface area (TPSA) is 75.6 Å². The van der Waals surface area contributed by atoms with Crippen LogP contribution < -0.4 is 10.5 Å². The molecule has 0 bridgehead atoms. The summed E-state index contributed by atoms with van der Waals surface area (Å²) < 4.78 is 5.99. The van der Waals surface area contributed by atoms with E-state index in [4.69, 9.17) is 10.5 Å². The van der Waals surface area contributed by atoms with Crippen LogP contribution in [0.3, 0.4) is 0 Å². The lowest BCUT2D eigenvalue weighted by Crippen LogP contribution is -2.40. The Balaban J connectivity index is 1.21. The highest BCUT2D eigenvalue weighted by Crippen LogP contribution is 2.43. The van der Waals surface area contributed by atoms with E-state index in [9.17, 15) is 9.59 Å². The zero-order chi connectivity index (χ0) is 23.6. The van der Waals surface area contributed by atoms with Gasteiger partial charge in [-0.15, -0.1) is 0 Å². The first-order valence-corrected chi connectivity index (χ1v) is 11.9. The Bertz CT molecular complexity index is 1010. The van der Waals surface area contributed by atoms with Crippen molar-refractivity contribution in [1.29, 1.82) is 0 Å². The SMILES string of the molecule is Cc1ccc(C)c(OCCCC2(C)C(=O)N2C2CCN(Cc3ccc(C(N)=O)cc3)CC2)c1. The number of carbonyl (C=O) groups is 2. The van der Waals surface area contributed by atoms with Crippen LogP contribution in [0.25, 0.3) is 0 Å². The van der Waals surface area contributed by atoms with E-state index in [1.165, 1.54) is 11.1 Å². The van der Waals surface area contributed by atoms with Crippen LogP contribution in [-0.4, -0.2) is 52.9 Å². The Labute approximate surface area is 196 Å². The number of likely N-dealkylation sites (tertiary alicyclic amines) is 1. The minimum Gasteiger partial charge on any atom is -0.493 e. The molecule has 1 atom stereocenters. The third-order valence-corrected chi connectivity index (χ3v) is 7.14. The van der Waals surface area contributed by atoms with Crippen LogP contribution in [0.2, 0.25) is 0 Å². The largest absolute Gasteiger partial charge is 0.493 e. The molecule has 0 aromatic heterocycles. The molecular formula is C27H35N3O3. The van der Waals surface area contributed by atoms with Crippen molar-refractivity contribution in [2.24, 2.45) is 5.73 Å². The number of benzene rings is 2. The number of aryl methyl sites for hydroxylation is 2. The molecule has 176 valence electrons. The molecule has 0 radical (unpaired) electrons. The van der Waals surface area contributed by atoms with E-state index >= 15 is 0 Å². The van der Waals surface area contributed by atoms with Crippen molar-refractivity contribution in [1.82, 2.24) is 9.80 Å². The van der Waals surface area contributed by atoms with Gasteiger partial charge in [0.1, 0.15) is 11.3 Å². The van der Waals surface area contributed by atoms with E-state index in [0.29, 0.717) is 18.2 Å². The molecule has 0 saturated carbocycles. The molecule has 4 rings (SSSR count). The predicted molar refractivity (Wildman–Crippen MR) is 129 cm³/mol. The zero-order valence-electron chi connectivity index (χ0n) is 20.0. The molecule has 2 heterocycles. The van der Waals surface area contributed by atoms with Gasteiger partial charge in [0.2, 0.25) is 11.8 Å². The maximum Gasteiger partial charge on any atom is 0.249 e. The maximum atomic E-state index is 12.7. The normalized spacial score (nSPS) is 21.3. The molecule has 6 heteroatoms. The van der Waals surface area contributed by atoms with Crippen molar-refractivity contribution < 1.29 is 14.3 Å². The Kier molecular flexibility index (Phi) is 6.75. The molecular weight excluding hydrogens is 414 g/mol. The highest BCUT2D eigenvalue weighted by Gasteiger charge is 2.60. The lowest BCUT2D eigenvalue weighted by Gasteiger charge is -2.33. The number of primary amides is 1. The highest BCUT2D eigenvalue weighted by atomic mass is 16.5. The number of ether oxygens (including phenoxy) is 1. The molecule has 6 nitrogen and oxygen atoms in total. The number of hydrogen-bond donors (Lipinski definition) is 1. The summed E-state index contributed by atoms with van der Waals surface area (Å²) in [4.78, 5) is 28.5. The quantitative estimate of drug-likeness (QED) is 0.466. The van der Waals surface area contributed by atoms with Gasteiger partial charge in [0.05, 0.1) is 6.61 Å². The van der Waals surface area contributed by atoms with E-state index in [0.717, 1.165) is 56.6 Å². The molecule has 33 heavy (non-hydrogen) atoms. The predicted octanol–water partition coefficient (Wildman–Crippen LogP) is 3.83. The molecule has 2 aliphatic rings. The number of rotatable bonds is 9. The van der Waals surface area contributed by atoms with Gasteiger partial charge >= 0.3 is 0 Å². The number of piperidine rings is 1. The van der Waals surface area contributed by atoms with Gasteiger partial charge in [0, 0.05) is 31.2 Å². The molecule has 2 fully saturated rings. The van der Waals surface area contributed by atoms with E-state index in [1.807, 2.05) is 12.1 Å². The Morgan fingerprint density at radius 1 is 1.12 bits per heavy atom. The van der Waals surface area contributed by atoms with Gasteiger partial charge in [-0.3, -0.25) is 14.5 Å². The first kappa shape index (κ1) is 23.3. The summed E-state index contributed by atoms with van der Waals surface area (Å²) in [5.74, 6) is 0.830. The number of hydrogen-bond acceptors (Lipinski definition) is 4. The fourth-order valence-corrected chi connectivity index (χ4v) is 4.99. The summed E-state index contributed by atoms with van der Waals surface area (Å²) in [5.41, 5.74) is 9.04. The van der Waals surface area contributed by atoms with Crippen molar-refractivity contribution in [3.8, 4) is 5.75 Å². The molecule has 2 aromatic carbocycles. The van der Waals surface area contributed by atoms with E-state index < -0.39 is 5.91 Å².